The van der Waals surface area contributed by atoms with Crippen LogP contribution in [0, 0.1) is 6.92 Å². The Morgan fingerprint density at radius 3 is 2.36 bits per heavy atom. The van der Waals surface area contributed by atoms with Crippen LogP contribution in [0.1, 0.15) is 30.9 Å². The molecule has 0 aromatic heterocycles. The molecule has 0 saturated carbocycles. The summed E-state index contributed by atoms with van der Waals surface area (Å²) in [5, 5.41) is 3.05. The summed E-state index contributed by atoms with van der Waals surface area (Å²) in [4.78, 5) is 26.9. The molecule has 0 heterocycles. The molecule has 180 valence electrons. The van der Waals surface area contributed by atoms with E-state index in [0.29, 0.717) is 16.3 Å². The summed E-state index contributed by atoms with van der Waals surface area (Å²) >= 11 is 9.57. The van der Waals surface area contributed by atoms with Crippen molar-refractivity contribution < 1.29 is 18.0 Å². The molecule has 0 aliphatic rings. The molecular formula is C23H29BrClN3O4S. The summed E-state index contributed by atoms with van der Waals surface area (Å²) in [7, 11) is -2.05. The van der Waals surface area contributed by atoms with Gasteiger partial charge in [0.05, 0.1) is 11.9 Å². The molecule has 0 saturated heterocycles. The summed E-state index contributed by atoms with van der Waals surface area (Å²) in [5.74, 6) is -0.502. The number of halogens is 2. The fraction of sp³-hybridized carbons (Fsp3) is 0.391. The quantitative estimate of drug-likeness (QED) is 0.475. The number of benzene rings is 2. The molecule has 0 aliphatic carbocycles. The lowest BCUT2D eigenvalue weighted by Gasteiger charge is -2.29. The number of likely N-dealkylation sites (N-methyl/N-ethyl adjacent to an activating group) is 1. The van der Waals surface area contributed by atoms with Crippen LogP contribution in [-0.2, 0) is 26.2 Å². The van der Waals surface area contributed by atoms with Gasteiger partial charge >= 0.3 is 0 Å². The Labute approximate surface area is 209 Å². The third-order valence-corrected chi connectivity index (χ3v) is 7.46. The van der Waals surface area contributed by atoms with Gasteiger partial charge in [-0.05, 0) is 55.7 Å². The van der Waals surface area contributed by atoms with Crippen molar-refractivity contribution in [3.63, 3.8) is 0 Å². The highest BCUT2D eigenvalue weighted by Gasteiger charge is 2.26. The molecule has 1 atom stereocenters. The van der Waals surface area contributed by atoms with E-state index in [0.717, 1.165) is 16.3 Å². The van der Waals surface area contributed by atoms with Crippen molar-refractivity contribution in [2.24, 2.45) is 0 Å². The van der Waals surface area contributed by atoms with Crippen LogP contribution >= 0.6 is 27.5 Å². The second-order valence-electron chi connectivity index (χ2n) is 7.76. The van der Waals surface area contributed by atoms with Gasteiger partial charge in [-0.2, -0.15) is 0 Å². The number of anilines is 1. The Morgan fingerprint density at radius 1 is 1.15 bits per heavy atom. The fourth-order valence-electron chi connectivity index (χ4n) is 3.43. The molecule has 0 aliphatic heterocycles. The van der Waals surface area contributed by atoms with Crippen LogP contribution in [0.25, 0.3) is 0 Å². The lowest BCUT2D eigenvalue weighted by Crippen LogP contribution is -2.46. The lowest BCUT2D eigenvalue weighted by atomic mass is 10.1. The van der Waals surface area contributed by atoms with Gasteiger partial charge in [-0.1, -0.05) is 45.7 Å². The van der Waals surface area contributed by atoms with E-state index in [4.69, 9.17) is 11.6 Å². The molecule has 7 nitrogen and oxygen atoms in total. The summed E-state index contributed by atoms with van der Waals surface area (Å²) in [6, 6.07) is 11.9. The monoisotopic (exact) mass is 557 g/mol. The van der Waals surface area contributed by atoms with Crippen molar-refractivity contribution in [2.75, 3.05) is 24.2 Å². The number of carbonyl (C=O) groups is 2. The predicted octanol–water partition coefficient (Wildman–Crippen LogP) is 4.12. The molecule has 2 aromatic rings. The average Bonchev–Trinajstić information content (AvgIpc) is 2.76. The van der Waals surface area contributed by atoms with Gasteiger partial charge in [0.1, 0.15) is 6.04 Å². The van der Waals surface area contributed by atoms with E-state index in [1.54, 1.807) is 32.0 Å². The maximum Gasteiger partial charge on any atom is 0.242 e. The first-order chi connectivity index (χ1) is 15.5. The largest absolute Gasteiger partial charge is 0.357 e. The number of rotatable bonds is 10. The Hall–Kier alpha value is -2.10. The van der Waals surface area contributed by atoms with E-state index in [1.165, 1.54) is 16.3 Å². The Balaban J connectivity index is 2.17. The minimum atomic E-state index is -3.58. The second-order valence-corrected chi connectivity index (χ2v) is 11.0. The number of hydrogen-bond acceptors (Lipinski definition) is 4. The second kappa shape index (κ2) is 11.9. The third kappa shape index (κ3) is 7.45. The molecule has 1 N–H and O–H groups in total. The molecule has 2 amide bonds. The van der Waals surface area contributed by atoms with E-state index in [-0.39, 0.29) is 37.7 Å². The van der Waals surface area contributed by atoms with Crippen LogP contribution in [0.3, 0.4) is 0 Å². The molecule has 0 fully saturated rings. The van der Waals surface area contributed by atoms with Gasteiger partial charge in [-0.3, -0.25) is 13.9 Å². The van der Waals surface area contributed by atoms with E-state index in [1.807, 2.05) is 24.3 Å². The van der Waals surface area contributed by atoms with Crippen LogP contribution in [0.2, 0.25) is 5.02 Å². The van der Waals surface area contributed by atoms with Crippen molar-refractivity contribution in [3.8, 4) is 0 Å². The summed E-state index contributed by atoms with van der Waals surface area (Å²) < 4.78 is 27.1. The minimum absolute atomic E-state index is 0.0868. The van der Waals surface area contributed by atoms with E-state index in [2.05, 4.69) is 21.2 Å². The zero-order valence-corrected chi connectivity index (χ0v) is 22.3. The van der Waals surface area contributed by atoms with E-state index < -0.39 is 16.1 Å². The smallest absolute Gasteiger partial charge is 0.242 e. The first-order valence-corrected chi connectivity index (χ1v) is 13.5. The van der Waals surface area contributed by atoms with E-state index in [9.17, 15) is 18.0 Å². The van der Waals surface area contributed by atoms with Gasteiger partial charge in [-0.25, -0.2) is 8.42 Å². The zero-order valence-electron chi connectivity index (χ0n) is 19.1. The maximum atomic E-state index is 13.1. The molecule has 0 spiro atoms. The SMILES string of the molecule is CNC(=O)[C@@H](C)N(Cc1ccc(Br)cc1)C(=O)CCCN(c1cccc(Cl)c1C)S(C)(=O)=O. The Morgan fingerprint density at radius 2 is 1.79 bits per heavy atom. The standard InChI is InChI=1S/C23H29BrClN3O4S/c1-16-20(25)7-5-8-21(16)28(33(4,31)32)14-6-9-22(29)27(17(2)23(30)26-3)15-18-10-12-19(24)13-11-18/h5,7-8,10-13,17H,6,9,14-15H2,1-4H3,(H,26,30)/t17-/m1/s1. The highest BCUT2D eigenvalue weighted by atomic mass is 79.9. The first kappa shape index (κ1) is 27.1. The molecule has 2 rings (SSSR count). The van der Waals surface area contributed by atoms with Gasteiger partial charge in [0.2, 0.25) is 21.8 Å². The maximum absolute atomic E-state index is 13.1. The summed E-state index contributed by atoms with van der Waals surface area (Å²) in [5.41, 5.74) is 2.03. The Kier molecular flexibility index (Phi) is 9.75. The number of nitrogens with zero attached hydrogens (tertiary/aromatic N) is 2. The predicted molar refractivity (Wildman–Crippen MR) is 136 cm³/mol. The molecule has 2 aromatic carbocycles. The van der Waals surface area contributed by atoms with E-state index >= 15 is 0 Å². The van der Waals surface area contributed by atoms with Crippen molar-refractivity contribution >= 4 is 55.1 Å². The topological polar surface area (TPSA) is 86.8 Å². The van der Waals surface area contributed by atoms with Crippen molar-refractivity contribution in [1.29, 1.82) is 0 Å². The number of amides is 2. The molecule has 0 unspecified atom stereocenters. The molecular weight excluding hydrogens is 530 g/mol. The van der Waals surface area contributed by atoms with Gasteiger partial charge in [0, 0.05) is 36.1 Å². The minimum Gasteiger partial charge on any atom is -0.357 e. The van der Waals surface area contributed by atoms with Gasteiger partial charge in [0.25, 0.3) is 0 Å². The fourth-order valence-corrected chi connectivity index (χ4v) is 4.88. The van der Waals surface area contributed by atoms with Crippen LogP contribution in [0.15, 0.2) is 46.9 Å². The van der Waals surface area contributed by atoms with Crippen LogP contribution < -0.4 is 9.62 Å². The van der Waals surface area contributed by atoms with Gasteiger partial charge in [0.15, 0.2) is 0 Å². The molecule has 10 heteroatoms. The normalized spacial score (nSPS) is 12.2. The Bertz CT molecular complexity index is 1090. The lowest BCUT2D eigenvalue weighted by molar-refractivity contribution is -0.140. The zero-order chi connectivity index (χ0) is 24.8. The number of sulfonamides is 1. The van der Waals surface area contributed by atoms with Gasteiger partial charge in [-0.15, -0.1) is 0 Å². The highest BCUT2D eigenvalue weighted by Crippen LogP contribution is 2.28. The summed E-state index contributed by atoms with van der Waals surface area (Å²) in [6.07, 6.45) is 1.50. The van der Waals surface area contributed by atoms with Crippen molar-refractivity contribution in [2.45, 2.75) is 39.3 Å². The molecule has 33 heavy (non-hydrogen) atoms. The molecule has 0 radical (unpaired) electrons. The number of hydrogen-bond donors (Lipinski definition) is 1. The van der Waals surface area contributed by atoms with Crippen molar-refractivity contribution in [3.05, 3.63) is 63.1 Å². The van der Waals surface area contributed by atoms with Crippen molar-refractivity contribution in [1.82, 2.24) is 10.2 Å². The summed E-state index contributed by atoms with van der Waals surface area (Å²) in [6.45, 7) is 3.82. The first-order valence-electron chi connectivity index (χ1n) is 10.4. The molecule has 0 bridgehead atoms. The van der Waals surface area contributed by atoms with Crippen LogP contribution in [0.5, 0.6) is 0 Å². The third-order valence-electron chi connectivity index (χ3n) is 5.34. The van der Waals surface area contributed by atoms with Crippen LogP contribution in [-0.4, -0.2) is 51.0 Å². The number of nitrogens with one attached hydrogen (secondary N) is 1. The van der Waals surface area contributed by atoms with Crippen LogP contribution in [0.4, 0.5) is 5.69 Å². The average molecular weight is 559 g/mol. The highest BCUT2D eigenvalue weighted by molar-refractivity contribution is 9.10. The van der Waals surface area contributed by atoms with Gasteiger partial charge < -0.3 is 10.2 Å². The number of carbonyl (C=O) groups excluding carboxylic acids is 2.